The van der Waals surface area contributed by atoms with Crippen LogP contribution in [0.2, 0.25) is 0 Å². The number of alkyl halides is 3. The quantitative estimate of drug-likeness (QED) is 0.743. The van der Waals surface area contributed by atoms with Crippen LogP contribution in [0.5, 0.6) is 5.75 Å². The molecule has 138 valence electrons. The van der Waals surface area contributed by atoms with Gasteiger partial charge in [0.2, 0.25) is 5.91 Å². The standard InChI is InChI=1S/C15H18F3N3O4/c1-21(2)13(23)8-25-11-5-3-4-10(6-11)14(24)19-7-12(22)20-9-15(16,17)18/h3-6H,7-9H2,1-2H3,(H,19,24)(H,20,22). The van der Waals surface area contributed by atoms with Gasteiger partial charge in [0.15, 0.2) is 6.61 Å². The van der Waals surface area contributed by atoms with Crippen LogP contribution in [0, 0.1) is 0 Å². The maximum Gasteiger partial charge on any atom is 0.405 e. The highest BCUT2D eigenvalue weighted by Gasteiger charge is 2.27. The molecular formula is C15H18F3N3O4. The number of halogens is 3. The molecule has 0 spiro atoms. The molecule has 2 N–H and O–H groups in total. The van der Waals surface area contributed by atoms with Crippen molar-refractivity contribution in [3.05, 3.63) is 29.8 Å². The van der Waals surface area contributed by atoms with Crippen LogP contribution in [0.15, 0.2) is 24.3 Å². The molecule has 3 amide bonds. The number of carbonyl (C=O) groups is 3. The van der Waals surface area contributed by atoms with Crippen molar-refractivity contribution in [2.45, 2.75) is 6.18 Å². The summed E-state index contributed by atoms with van der Waals surface area (Å²) in [5, 5.41) is 3.83. The van der Waals surface area contributed by atoms with Crippen LogP contribution < -0.4 is 15.4 Å². The SMILES string of the molecule is CN(C)C(=O)COc1cccc(C(=O)NCC(=O)NCC(F)(F)F)c1. The smallest absolute Gasteiger partial charge is 0.405 e. The molecule has 1 aromatic carbocycles. The summed E-state index contributed by atoms with van der Waals surface area (Å²) in [4.78, 5) is 35.9. The number of carbonyl (C=O) groups excluding carboxylic acids is 3. The summed E-state index contributed by atoms with van der Waals surface area (Å²) in [5.74, 6) is -1.62. The fourth-order valence-electron chi connectivity index (χ4n) is 1.53. The van der Waals surface area contributed by atoms with Crippen molar-refractivity contribution in [3.8, 4) is 5.75 Å². The third-order valence-electron chi connectivity index (χ3n) is 2.85. The van der Waals surface area contributed by atoms with E-state index in [1.54, 1.807) is 19.4 Å². The minimum atomic E-state index is -4.52. The van der Waals surface area contributed by atoms with E-state index in [0.717, 1.165) is 0 Å². The molecule has 0 bridgehead atoms. The molecule has 0 saturated heterocycles. The Hall–Kier alpha value is -2.78. The van der Waals surface area contributed by atoms with Gasteiger partial charge in [0.05, 0.1) is 6.54 Å². The second-order valence-electron chi connectivity index (χ2n) is 5.18. The van der Waals surface area contributed by atoms with E-state index in [2.05, 4.69) is 5.32 Å². The van der Waals surface area contributed by atoms with Crippen molar-refractivity contribution in [1.82, 2.24) is 15.5 Å². The van der Waals surface area contributed by atoms with Gasteiger partial charge in [0, 0.05) is 19.7 Å². The summed E-state index contributed by atoms with van der Waals surface area (Å²) >= 11 is 0. The zero-order valence-corrected chi connectivity index (χ0v) is 13.6. The van der Waals surface area contributed by atoms with Gasteiger partial charge >= 0.3 is 6.18 Å². The van der Waals surface area contributed by atoms with Crippen LogP contribution in [0.4, 0.5) is 13.2 Å². The third-order valence-corrected chi connectivity index (χ3v) is 2.85. The van der Waals surface area contributed by atoms with E-state index in [9.17, 15) is 27.6 Å². The first-order valence-corrected chi connectivity index (χ1v) is 7.13. The van der Waals surface area contributed by atoms with E-state index in [1.807, 2.05) is 0 Å². The average molecular weight is 361 g/mol. The summed E-state index contributed by atoms with van der Waals surface area (Å²) in [6.07, 6.45) is -4.52. The maximum absolute atomic E-state index is 12.0. The number of hydrogen-bond acceptors (Lipinski definition) is 4. The third kappa shape index (κ3) is 8.04. The monoisotopic (exact) mass is 361 g/mol. The number of ether oxygens (including phenoxy) is 1. The largest absolute Gasteiger partial charge is 0.484 e. The Morgan fingerprint density at radius 1 is 1.16 bits per heavy atom. The van der Waals surface area contributed by atoms with E-state index in [-0.39, 0.29) is 23.8 Å². The molecule has 0 aliphatic carbocycles. The molecule has 0 fully saturated rings. The van der Waals surface area contributed by atoms with Gasteiger partial charge in [-0.25, -0.2) is 0 Å². The first kappa shape index (κ1) is 20.3. The van der Waals surface area contributed by atoms with Gasteiger partial charge in [-0.2, -0.15) is 13.2 Å². The predicted octanol–water partition coefficient (Wildman–Crippen LogP) is 0.562. The Balaban J connectivity index is 2.52. The van der Waals surface area contributed by atoms with Crippen LogP contribution >= 0.6 is 0 Å². The highest BCUT2D eigenvalue weighted by atomic mass is 19.4. The van der Waals surface area contributed by atoms with Crippen molar-refractivity contribution < 1.29 is 32.3 Å². The van der Waals surface area contributed by atoms with Gasteiger partial charge in [0.1, 0.15) is 12.3 Å². The summed E-state index contributed by atoms with van der Waals surface area (Å²) in [7, 11) is 3.14. The van der Waals surface area contributed by atoms with Crippen molar-refractivity contribution in [2.75, 3.05) is 33.8 Å². The number of rotatable bonds is 7. The fourth-order valence-corrected chi connectivity index (χ4v) is 1.53. The second kappa shape index (κ2) is 8.90. The molecule has 1 rings (SSSR count). The van der Waals surface area contributed by atoms with Crippen LogP contribution in [0.1, 0.15) is 10.4 Å². The van der Waals surface area contributed by atoms with E-state index in [4.69, 9.17) is 4.74 Å². The maximum atomic E-state index is 12.0. The lowest BCUT2D eigenvalue weighted by Gasteiger charge is -2.12. The van der Waals surface area contributed by atoms with Gasteiger partial charge in [-0.3, -0.25) is 14.4 Å². The number of amides is 3. The molecule has 7 nitrogen and oxygen atoms in total. The molecular weight excluding hydrogens is 343 g/mol. The molecule has 10 heteroatoms. The average Bonchev–Trinajstić information content (AvgIpc) is 2.55. The van der Waals surface area contributed by atoms with Gasteiger partial charge in [0.25, 0.3) is 11.8 Å². The number of nitrogens with one attached hydrogen (secondary N) is 2. The molecule has 0 radical (unpaired) electrons. The number of likely N-dealkylation sites (N-methyl/N-ethyl adjacent to an activating group) is 1. The van der Waals surface area contributed by atoms with E-state index < -0.39 is 31.1 Å². The summed E-state index contributed by atoms with van der Waals surface area (Å²) in [5.41, 5.74) is 0.137. The van der Waals surface area contributed by atoms with E-state index in [1.165, 1.54) is 29.2 Å². The van der Waals surface area contributed by atoms with Gasteiger partial charge in [-0.05, 0) is 18.2 Å². The van der Waals surface area contributed by atoms with Crippen molar-refractivity contribution >= 4 is 17.7 Å². The first-order valence-electron chi connectivity index (χ1n) is 7.13. The lowest BCUT2D eigenvalue weighted by atomic mass is 10.2. The molecule has 0 aliphatic heterocycles. The summed E-state index contributed by atoms with van der Waals surface area (Å²) in [6, 6.07) is 5.83. The van der Waals surface area contributed by atoms with Crippen molar-refractivity contribution in [3.63, 3.8) is 0 Å². The van der Waals surface area contributed by atoms with E-state index >= 15 is 0 Å². The molecule has 25 heavy (non-hydrogen) atoms. The first-order chi connectivity index (χ1) is 11.6. The zero-order valence-electron chi connectivity index (χ0n) is 13.6. The number of benzene rings is 1. The summed E-state index contributed by atoms with van der Waals surface area (Å²) < 4.78 is 41.1. The molecule has 1 aromatic rings. The highest BCUT2D eigenvalue weighted by Crippen LogP contribution is 2.13. The Labute approximate surface area is 142 Å². The van der Waals surface area contributed by atoms with E-state index in [0.29, 0.717) is 0 Å². The molecule has 0 atom stereocenters. The Morgan fingerprint density at radius 3 is 2.44 bits per heavy atom. The fraction of sp³-hybridized carbons (Fsp3) is 0.400. The molecule has 0 saturated carbocycles. The predicted molar refractivity (Wildman–Crippen MR) is 82.0 cm³/mol. The minimum Gasteiger partial charge on any atom is -0.484 e. The minimum absolute atomic E-state index is 0.137. The molecule has 0 heterocycles. The second-order valence-corrected chi connectivity index (χ2v) is 5.18. The topological polar surface area (TPSA) is 87.7 Å². The van der Waals surface area contributed by atoms with Crippen LogP contribution in [0.3, 0.4) is 0 Å². The Morgan fingerprint density at radius 2 is 1.84 bits per heavy atom. The number of nitrogens with zero attached hydrogens (tertiary/aromatic N) is 1. The van der Waals surface area contributed by atoms with Crippen LogP contribution in [-0.2, 0) is 9.59 Å². The van der Waals surface area contributed by atoms with Gasteiger partial charge < -0.3 is 20.3 Å². The van der Waals surface area contributed by atoms with Gasteiger partial charge in [-0.1, -0.05) is 6.07 Å². The summed E-state index contributed by atoms with van der Waals surface area (Å²) in [6.45, 7) is -2.28. The lowest BCUT2D eigenvalue weighted by molar-refractivity contribution is -0.137. The Kier molecular flexibility index (Phi) is 7.22. The Bertz CT molecular complexity index is 633. The lowest BCUT2D eigenvalue weighted by Crippen LogP contribution is -2.40. The number of hydrogen-bond donors (Lipinski definition) is 2. The van der Waals surface area contributed by atoms with Crippen LogP contribution in [-0.4, -0.2) is 62.6 Å². The highest BCUT2D eigenvalue weighted by molar-refractivity contribution is 5.96. The van der Waals surface area contributed by atoms with Crippen molar-refractivity contribution in [1.29, 1.82) is 0 Å². The van der Waals surface area contributed by atoms with Crippen LogP contribution in [0.25, 0.3) is 0 Å². The molecule has 0 aliphatic rings. The normalized spacial score (nSPS) is 10.8. The van der Waals surface area contributed by atoms with Gasteiger partial charge in [-0.15, -0.1) is 0 Å². The molecule has 0 unspecified atom stereocenters. The van der Waals surface area contributed by atoms with Crippen molar-refractivity contribution in [2.24, 2.45) is 0 Å². The zero-order chi connectivity index (χ0) is 19.0. The molecule has 0 aromatic heterocycles.